The van der Waals surface area contributed by atoms with E-state index >= 15 is 0 Å². The predicted octanol–water partition coefficient (Wildman–Crippen LogP) is 2.88. The number of rotatable bonds is 5. The van der Waals surface area contributed by atoms with Crippen LogP contribution in [0, 0.1) is 6.92 Å². The number of hydrogen-bond donors (Lipinski definition) is 0. The zero-order valence-corrected chi connectivity index (χ0v) is 17.9. The molecule has 1 aliphatic rings. The van der Waals surface area contributed by atoms with Gasteiger partial charge in [0.05, 0.1) is 18.4 Å². The molecule has 4 rings (SSSR count). The third-order valence-corrected chi connectivity index (χ3v) is 6.46. The topological polar surface area (TPSA) is 91.0 Å². The Morgan fingerprint density at radius 3 is 2.90 bits per heavy atom. The van der Waals surface area contributed by atoms with E-state index in [1.165, 1.54) is 0 Å². The maximum absolute atomic E-state index is 12.0. The van der Waals surface area contributed by atoms with Crippen molar-refractivity contribution in [2.75, 3.05) is 19.7 Å². The van der Waals surface area contributed by atoms with Crippen LogP contribution in [0.15, 0.2) is 17.6 Å². The Labute approximate surface area is 173 Å². The predicted molar refractivity (Wildman–Crippen MR) is 111 cm³/mol. The van der Waals surface area contributed by atoms with Gasteiger partial charge in [-0.1, -0.05) is 11.8 Å². The maximum atomic E-state index is 12.0. The SMILES string of the molecule is CCOC(=O)N1CC[C@H](Sc2ncnc3c2nc(-c2cnn(CC)c2C)n3C)C1. The van der Waals surface area contributed by atoms with E-state index in [1.807, 2.05) is 29.4 Å². The number of likely N-dealkylation sites (tertiary alicyclic amines) is 1. The number of imidazole rings is 1. The van der Waals surface area contributed by atoms with Crippen molar-refractivity contribution in [1.82, 2.24) is 34.2 Å². The maximum Gasteiger partial charge on any atom is 0.409 e. The fourth-order valence-corrected chi connectivity index (χ4v) is 4.80. The number of carbonyl (C=O) groups excluding carboxylic acids is 1. The van der Waals surface area contributed by atoms with E-state index in [0.717, 1.165) is 46.2 Å². The summed E-state index contributed by atoms with van der Waals surface area (Å²) in [5, 5.41) is 5.54. The molecule has 154 valence electrons. The van der Waals surface area contributed by atoms with Crippen molar-refractivity contribution in [3.63, 3.8) is 0 Å². The molecule has 0 aliphatic carbocycles. The van der Waals surface area contributed by atoms with Crippen LogP contribution < -0.4 is 0 Å². The van der Waals surface area contributed by atoms with Gasteiger partial charge < -0.3 is 14.2 Å². The number of aromatic nitrogens is 6. The molecule has 1 atom stereocenters. The summed E-state index contributed by atoms with van der Waals surface area (Å²) in [6, 6.07) is 0. The van der Waals surface area contributed by atoms with Crippen molar-refractivity contribution < 1.29 is 9.53 Å². The van der Waals surface area contributed by atoms with Gasteiger partial charge in [0.15, 0.2) is 5.65 Å². The molecule has 9 nitrogen and oxygen atoms in total. The van der Waals surface area contributed by atoms with Crippen LogP contribution in [0.25, 0.3) is 22.6 Å². The zero-order valence-electron chi connectivity index (χ0n) is 17.1. The van der Waals surface area contributed by atoms with Crippen LogP contribution >= 0.6 is 11.8 Å². The molecular formula is C19H25N7O2S. The van der Waals surface area contributed by atoms with Gasteiger partial charge in [0.1, 0.15) is 22.7 Å². The smallest absolute Gasteiger partial charge is 0.409 e. The van der Waals surface area contributed by atoms with Crippen LogP contribution in [0.1, 0.15) is 26.0 Å². The fourth-order valence-electron chi connectivity index (χ4n) is 3.65. The van der Waals surface area contributed by atoms with Crippen molar-refractivity contribution in [1.29, 1.82) is 0 Å². The van der Waals surface area contributed by atoms with Gasteiger partial charge in [0, 0.05) is 37.6 Å². The summed E-state index contributed by atoms with van der Waals surface area (Å²) < 4.78 is 9.06. The van der Waals surface area contributed by atoms with Crippen molar-refractivity contribution in [2.24, 2.45) is 7.05 Å². The highest BCUT2D eigenvalue weighted by molar-refractivity contribution is 8.00. The van der Waals surface area contributed by atoms with E-state index in [9.17, 15) is 4.79 Å². The highest BCUT2D eigenvalue weighted by Crippen LogP contribution is 2.34. The monoisotopic (exact) mass is 415 g/mol. The first-order valence-electron chi connectivity index (χ1n) is 9.82. The first-order chi connectivity index (χ1) is 14.0. The zero-order chi connectivity index (χ0) is 20.5. The lowest BCUT2D eigenvalue weighted by Gasteiger charge is -2.15. The van der Waals surface area contributed by atoms with Crippen LogP contribution in [-0.2, 0) is 18.3 Å². The van der Waals surface area contributed by atoms with Gasteiger partial charge in [-0.3, -0.25) is 4.68 Å². The lowest BCUT2D eigenvalue weighted by molar-refractivity contribution is 0.116. The molecule has 0 bridgehead atoms. The molecule has 29 heavy (non-hydrogen) atoms. The van der Waals surface area contributed by atoms with Crippen molar-refractivity contribution in [3.8, 4) is 11.4 Å². The lowest BCUT2D eigenvalue weighted by Crippen LogP contribution is -2.29. The highest BCUT2D eigenvalue weighted by Gasteiger charge is 2.29. The molecule has 10 heteroatoms. The highest BCUT2D eigenvalue weighted by atomic mass is 32.2. The van der Waals surface area contributed by atoms with E-state index in [-0.39, 0.29) is 11.3 Å². The van der Waals surface area contributed by atoms with Crippen LogP contribution in [0.3, 0.4) is 0 Å². The number of hydrogen-bond acceptors (Lipinski definition) is 7. The minimum Gasteiger partial charge on any atom is -0.450 e. The molecule has 4 heterocycles. The molecule has 0 radical (unpaired) electrons. The Morgan fingerprint density at radius 2 is 2.17 bits per heavy atom. The number of carbonyl (C=O) groups is 1. The summed E-state index contributed by atoms with van der Waals surface area (Å²) in [5.74, 6) is 0.833. The van der Waals surface area contributed by atoms with Crippen LogP contribution in [0.4, 0.5) is 4.79 Å². The molecule has 0 aromatic carbocycles. The number of amides is 1. The van der Waals surface area contributed by atoms with Crippen LogP contribution in [0.5, 0.6) is 0 Å². The van der Waals surface area contributed by atoms with E-state index in [2.05, 4.69) is 28.9 Å². The van der Waals surface area contributed by atoms with Crippen molar-refractivity contribution >= 4 is 29.0 Å². The van der Waals surface area contributed by atoms with E-state index in [0.29, 0.717) is 19.7 Å². The Morgan fingerprint density at radius 1 is 1.34 bits per heavy atom. The molecule has 0 saturated carbocycles. The normalized spacial score (nSPS) is 16.7. The second-order valence-electron chi connectivity index (χ2n) is 6.98. The Bertz CT molecular complexity index is 1040. The molecule has 1 amide bonds. The molecule has 0 unspecified atom stereocenters. The van der Waals surface area contributed by atoms with Crippen molar-refractivity contribution in [3.05, 3.63) is 18.2 Å². The molecule has 1 fully saturated rings. The number of nitrogens with zero attached hydrogens (tertiary/aromatic N) is 7. The van der Waals surface area contributed by atoms with Gasteiger partial charge in [-0.2, -0.15) is 5.10 Å². The summed E-state index contributed by atoms with van der Waals surface area (Å²) in [6.07, 6.45) is 4.09. The third-order valence-electron chi connectivity index (χ3n) is 5.22. The summed E-state index contributed by atoms with van der Waals surface area (Å²) in [7, 11) is 1.97. The minimum absolute atomic E-state index is 0.244. The molecule has 0 N–H and O–H groups in total. The number of fused-ring (bicyclic) bond motifs is 1. The van der Waals surface area contributed by atoms with Crippen LogP contribution in [0.2, 0.25) is 0 Å². The molecule has 0 spiro atoms. The largest absolute Gasteiger partial charge is 0.450 e. The standard InChI is InChI=1S/C19H25N7O2S/c1-5-26-12(3)14(9-22-26)16-23-15-17(24(16)4)20-11-21-18(15)29-13-7-8-25(10-13)19(27)28-6-2/h9,11,13H,5-8,10H2,1-4H3/t13-/m0/s1. The number of thioether (sulfide) groups is 1. The van der Waals surface area contributed by atoms with Crippen LogP contribution in [-0.4, -0.2) is 65.2 Å². The average molecular weight is 416 g/mol. The fraction of sp³-hybridized carbons (Fsp3) is 0.526. The van der Waals surface area contributed by atoms with Gasteiger partial charge >= 0.3 is 6.09 Å². The first kappa shape index (κ1) is 19.7. The molecule has 1 saturated heterocycles. The van der Waals surface area contributed by atoms with Crippen molar-refractivity contribution in [2.45, 2.75) is 44.0 Å². The van der Waals surface area contributed by atoms with Gasteiger partial charge in [-0.15, -0.1) is 0 Å². The summed E-state index contributed by atoms with van der Waals surface area (Å²) in [6.45, 7) is 8.50. The third kappa shape index (κ3) is 3.57. The molecular weight excluding hydrogens is 390 g/mol. The Balaban J connectivity index is 1.62. The van der Waals surface area contributed by atoms with Gasteiger partial charge in [-0.05, 0) is 27.2 Å². The van der Waals surface area contributed by atoms with E-state index < -0.39 is 0 Å². The summed E-state index contributed by atoms with van der Waals surface area (Å²) in [4.78, 5) is 27.5. The summed E-state index contributed by atoms with van der Waals surface area (Å²) >= 11 is 1.65. The Hall–Kier alpha value is -2.62. The first-order valence-corrected chi connectivity index (χ1v) is 10.7. The second-order valence-corrected chi connectivity index (χ2v) is 8.27. The average Bonchev–Trinajstić information content (AvgIpc) is 3.41. The van der Waals surface area contributed by atoms with Gasteiger partial charge in [-0.25, -0.2) is 19.7 Å². The number of aryl methyl sites for hydroxylation is 2. The molecule has 3 aromatic heterocycles. The quantitative estimate of drug-likeness (QED) is 0.592. The molecule has 1 aliphatic heterocycles. The number of ether oxygens (including phenoxy) is 1. The van der Waals surface area contributed by atoms with Gasteiger partial charge in [0.25, 0.3) is 0 Å². The second kappa shape index (κ2) is 8.02. The summed E-state index contributed by atoms with van der Waals surface area (Å²) in [5.41, 5.74) is 3.65. The lowest BCUT2D eigenvalue weighted by atomic mass is 10.2. The van der Waals surface area contributed by atoms with E-state index in [4.69, 9.17) is 9.72 Å². The van der Waals surface area contributed by atoms with Gasteiger partial charge in [0.2, 0.25) is 0 Å². The molecule has 3 aromatic rings. The minimum atomic E-state index is -0.244. The Kier molecular flexibility index (Phi) is 5.44. The van der Waals surface area contributed by atoms with E-state index in [1.54, 1.807) is 23.0 Å².